The standard InChI is InChI=1S/C51H91N8O29P/c1-28(63)56-39-45(74)42(71)31(22-60)86-48(39)82-18-11-53-34(66)7-15-79-25-51(59-38(70)21-37(69)52-10-6-14-85-89(5,77)78-4,26-80-16-8-35(67)54-12-19-83-49-40(57-29(2)64)46(75)43(72)32(23-61)87-49)27-81-17-9-36(68)55-13-20-84-50-41(58-30(3)65)47(76)44(73)33(24-62)88-50/h31-33,39-50,60-62,71-77H,5-27H2,1-4H3,(H,52,69)(H,53,66)(H,54,67)(H,55,68)(H,56,63)(H,57,64)(H,58,65)(H,59,70)/t31?,32?,33?,39?,40?,41?,42-,43-,44-,45+,46+,47+,48+,49+,50+,51?,89?/m0/s1. The second-order valence-corrected chi connectivity index (χ2v) is 22.6. The van der Waals surface area contributed by atoms with E-state index in [0.717, 1.165) is 20.8 Å². The molecular formula is C51H91N8O29P. The number of aliphatic hydroxyl groups is 9. The van der Waals surface area contributed by atoms with Gasteiger partial charge in [0, 0.05) is 73.3 Å². The molecule has 0 saturated carbocycles. The van der Waals surface area contributed by atoms with Crippen LogP contribution in [-0.2, 0) is 90.0 Å². The van der Waals surface area contributed by atoms with Crippen molar-refractivity contribution in [2.24, 2.45) is 0 Å². The zero-order valence-electron chi connectivity index (χ0n) is 50.1. The topological polar surface area (TPSA) is 537 Å². The lowest BCUT2D eigenvalue weighted by molar-refractivity contribution is -0.269. The summed E-state index contributed by atoms with van der Waals surface area (Å²) < 4.78 is 61.2. The third-order valence-corrected chi connectivity index (χ3v) is 14.5. The molecule has 0 bridgehead atoms. The summed E-state index contributed by atoms with van der Waals surface area (Å²) in [4.78, 5) is 111. The van der Waals surface area contributed by atoms with Crippen molar-refractivity contribution in [3.8, 4) is 0 Å². The lowest BCUT2D eigenvalue weighted by Gasteiger charge is -2.42. The molecule has 38 heteroatoms. The second-order valence-electron chi connectivity index (χ2n) is 20.7. The lowest BCUT2D eigenvalue weighted by Crippen LogP contribution is -2.64. The van der Waals surface area contributed by atoms with E-state index in [4.69, 9.17) is 51.7 Å². The fourth-order valence-corrected chi connectivity index (χ4v) is 9.36. The molecule has 514 valence electrons. The van der Waals surface area contributed by atoms with Gasteiger partial charge in [-0.1, -0.05) is 0 Å². The van der Waals surface area contributed by atoms with E-state index in [9.17, 15) is 89.2 Å². The first-order valence-electron chi connectivity index (χ1n) is 28.5. The van der Waals surface area contributed by atoms with Gasteiger partial charge < -0.3 is 145 Å². The molecule has 0 radical (unpaired) electrons. The Morgan fingerprint density at radius 1 is 0.472 bits per heavy atom. The molecule has 0 aromatic rings. The summed E-state index contributed by atoms with van der Waals surface area (Å²) in [6, 6.07) is -3.69. The average Bonchev–Trinajstić information content (AvgIpc) is 1.19. The largest absolute Gasteiger partial charge is 0.394 e. The van der Waals surface area contributed by atoms with Crippen molar-refractivity contribution in [3.05, 3.63) is 0 Å². The normalized spacial score (nSPS) is 28.2. The molecule has 3 rings (SSSR count). The second kappa shape index (κ2) is 40.9. The van der Waals surface area contributed by atoms with Crippen molar-refractivity contribution in [1.82, 2.24) is 42.5 Å². The number of aliphatic hydroxyl groups excluding tert-OH is 9. The highest BCUT2D eigenvalue weighted by Gasteiger charge is 2.48. The Labute approximate surface area is 512 Å². The van der Waals surface area contributed by atoms with Crippen LogP contribution in [0.4, 0.5) is 0 Å². The molecule has 0 spiro atoms. The Kier molecular flexibility index (Phi) is 36.1. The summed E-state index contributed by atoms with van der Waals surface area (Å²) in [5.74, 6) is -5.09. The van der Waals surface area contributed by atoms with E-state index in [1.807, 2.05) is 0 Å². The minimum Gasteiger partial charge on any atom is -0.394 e. The van der Waals surface area contributed by atoms with Gasteiger partial charge in [0.1, 0.15) is 85.0 Å². The van der Waals surface area contributed by atoms with E-state index in [0.29, 0.717) is 0 Å². The number of hydrogen-bond donors (Lipinski definition) is 18. The van der Waals surface area contributed by atoms with Crippen LogP contribution in [0.25, 0.3) is 0 Å². The first-order valence-corrected chi connectivity index (χ1v) is 30.3. The predicted molar refractivity (Wildman–Crippen MR) is 302 cm³/mol. The molecule has 18 N–H and O–H groups in total. The Hall–Kier alpha value is -4.78. The van der Waals surface area contributed by atoms with E-state index in [2.05, 4.69) is 48.8 Å². The van der Waals surface area contributed by atoms with Crippen LogP contribution in [0.5, 0.6) is 0 Å². The maximum absolute atomic E-state index is 13.7. The van der Waals surface area contributed by atoms with Gasteiger partial charge in [-0.25, -0.2) is 0 Å². The Balaban J connectivity index is 1.72. The Bertz CT molecular complexity index is 2060. The molecule has 3 aliphatic rings. The van der Waals surface area contributed by atoms with Gasteiger partial charge in [-0.05, 0) is 12.7 Å². The zero-order chi connectivity index (χ0) is 66.3. The van der Waals surface area contributed by atoms with Crippen LogP contribution < -0.4 is 42.5 Å². The lowest BCUT2D eigenvalue weighted by atomic mass is 9.97. The molecule has 0 aromatic carbocycles. The van der Waals surface area contributed by atoms with Crippen LogP contribution >= 0.6 is 7.57 Å². The minimum atomic E-state index is -3.30. The first-order chi connectivity index (χ1) is 42.2. The van der Waals surface area contributed by atoms with Gasteiger partial charge in [0.25, 0.3) is 0 Å². The molecule has 3 saturated heterocycles. The van der Waals surface area contributed by atoms with Gasteiger partial charge in [0.05, 0.1) is 85.9 Å². The van der Waals surface area contributed by atoms with Crippen LogP contribution in [0.15, 0.2) is 0 Å². The molecule has 37 nitrogen and oxygen atoms in total. The quantitative estimate of drug-likeness (QED) is 0.0153. The minimum absolute atomic E-state index is 0.00302. The molecule has 16 atom stereocenters. The molecule has 3 aliphatic heterocycles. The zero-order valence-corrected chi connectivity index (χ0v) is 51.0. The monoisotopic (exact) mass is 1310 g/mol. The highest BCUT2D eigenvalue weighted by atomic mass is 31.2. The van der Waals surface area contributed by atoms with E-state index in [1.165, 1.54) is 7.11 Å². The van der Waals surface area contributed by atoms with Gasteiger partial charge in [-0.15, -0.1) is 0 Å². The van der Waals surface area contributed by atoms with Gasteiger partial charge in [-0.2, -0.15) is 0 Å². The van der Waals surface area contributed by atoms with Crippen LogP contribution in [-0.4, -0.2) is 321 Å². The summed E-state index contributed by atoms with van der Waals surface area (Å²) in [5, 5.41) is 112. The predicted octanol–water partition coefficient (Wildman–Crippen LogP) is -9.96. The molecule has 3 fully saturated rings. The smallest absolute Gasteiger partial charge is 0.247 e. The summed E-state index contributed by atoms with van der Waals surface area (Å²) in [6.45, 7) is -2.13. The summed E-state index contributed by atoms with van der Waals surface area (Å²) in [7, 11) is -2.10. The van der Waals surface area contributed by atoms with Gasteiger partial charge in [0.15, 0.2) is 18.9 Å². The maximum Gasteiger partial charge on any atom is 0.247 e. The molecule has 3 heterocycles. The van der Waals surface area contributed by atoms with E-state index in [-0.39, 0.29) is 98.1 Å². The number of amides is 8. The molecule has 8 amide bonds. The van der Waals surface area contributed by atoms with Crippen molar-refractivity contribution in [2.45, 2.75) is 150 Å². The summed E-state index contributed by atoms with van der Waals surface area (Å²) >= 11 is 0. The van der Waals surface area contributed by atoms with Crippen molar-refractivity contribution >= 4 is 61.1 Å². The van der Waals surface area contributed by atoms with E-state index >= 15 is 0 Å². The number of carbonyl (C=O) groups excluding carboxylic acids is 8. The summed E-state index contributed by atoms with van der Waals surface area (Å²) in [5.41, 5.74) is -1.73. The average molecular weight is 1310 g/mol. The third kappa shape index (κ3) is 28.3. The van der Waals surface area contributed by atoms with Crippen molar-refractivity contribution in [3.63, 3.8) is 0 Å². The molecule has 7 unspecified atom stereocenters. The number of ether oxygens (including phenoxy) is 9. The summed E-state index contributed by atoms with van der Waals surface area (Å²) in [6.07, 6.45) is -15.2. The first kappa shape index (κ1) is 78.5. The molecule has 89 heavy (non-hydrogen) atoms. The number of nitrogens with one attached hydrogen (secondary N) is 8. The molecule has 0 aromatic heterocycles. The Morgan fingerprint density at radius 3 is 1.10 bits per heavy atom. The number of rotatable bonds is 42. The van der Waals surface area contributed by atoms with Gasteiger partial charge in [0.2, 0.25) is 54.8 Å². The van der Waals surface area contributed by atoms with Crippen molar-refractivity contribution in [1.29, 1.82) is 0 Å². The maximum atomic E-state index is 13.7. The van der Waals surface area contributed by atoms with E-state index < -0.39 is 198 Å². The molecule has 0 aliphatic carbocycles. The van der Waals surface area contributed by atoms with Crippen LogP contribution in [0.1, 0.15) is 52.9 Å². The number of hydrogen-bond acceptors (Lipinski definition) is 29. The van der Waals surface area contributed by atoms with Gasteiger partial charge >= 0.3 is 0 Å². The van der Waals surface area contributed by atoms with E-state index in [1.54, 1.807) is 0 Å². The third-order valence-electron chi connectivity index (χ3n) is 13.4. The van der Waals surface area contributed by atoms with Crippen molar-refractivity contribution < 1.29 is 141 Å². The highest BCUT2D eigenvalue weighted by Crippen LogP contribution is 2.41. The number of carbonyl (C=O) groups is 8. The highest BCUT2D eigenvalue weighted by molar-refractivity contribution is 7.58. The van der Waals surface area contributed by atoms with Gasteiger partial charge in [-0.3, -0.25) is 38.4 Å². The Morgan fingerprint density at radius 2 is 0.798 bits per heavy atom. The fraction of sp³-hybridized carbons (Fsp3) is 0.824. The fourth-order valence-electron chi connectivity index (χ4n) is 8.84. The van der Waals surface area contributed by atoms with Crippen molar-refractivity contribution in [2.75, 3.05) is 119 Å². The van der Waals surface area contributed by atoms with Crippen LogP contribution in [0.3, 0.4) is 0 Å². The van der Waals surface area contributed by atoms with Crippen LogP contribution in [0, 0.1) is 0 Å². The SMILES string of the molecule is C=P(O)(OC)OCCCNC(=O)CC(=O)NC(COCCC(=O)NCCO[C@@H]1OC(CO)[C@H](O)[C@H](O)C1NC(C)=O)(COCCC(=O)NCCO[C@@H]1OC(CO)[C@H](O)[C@H](O)C1NC(C)=O)COCCC(=O)NCCO[C@@H]1OC(CO)[C@H](O)[C@H](O)C1NC(C)=O. The van der Waals surface area contributed by atoms with Crippen LogP contribution in [0.2, 0.25) is 0 Å². The molecular weight excluding hydrogens is 1220 g/mol.